The lowest BCUT2D eigenvalue weighted by atomic mass is 10.00. The van der Waals surface area contributed by atoms with Crippen LogP contribution in [0, 0.1) is 6.92 Å². The maximum Gasteiger partial charge on any atom is 0.419 e. The Morgan fingerprint density at radius 2 is 2.00 bits per heavy atom. The highest BCUT2D eigenvalue weighted by Crippen LogP contribution is 2.23. The molecule has 120 valence electrons. The highest BCUT2D eigenvalue weighted by atomic mass is 16.4. The average molecular weight is 315 g/mol. The smallest absolute Gasteiger partial charge is 0.408 e. The second-order valence-corrected chi connectivity index (χ2v) is 5.48. The van der Waals surface area contributed by atoms with E-state index >= 15 is 0 Å². The van der Waals surface area contributed by atoms with E-state index in [1.807, 2.05) is 6.92 Å². The third-order valence-corrected chi connectivity index (χ3v) is 3.96. The summed E-state index contributed by atoms with van der Waals surface area (Å²) in [5.41, 5.74) is 1.76. The molecule has 3 rings (SSSR count). The number of oxazole rings is 1. The fourth-order valence-electron chi connectivity index (χ4n) is 2.78. The standard InChI is InChI=1S/C16H17N3O4/c1-4-7-19-13-9(2)10(5-6-12(13)23-16(19)22)14(20)11-8-17-18(3)15(11)21/h5-6,8,17H,4,7H2,1-3H3. The number of aromatic nitrogens is 3. The minimum Gasteiger partial charge on any atom is -0.408 e. The van der Waals surface area contributed by atoms with Crippen LogP contribution in [0.5, 0.6) is 0 Å². The molecule has 0 spiro atoms. The van der Waals surface area contributed by atoms with Crippen LogP contribution in [0.25, 0.3) is 11.1 Å². The van der Waals surface area contributed by atoms with Crippen molar-refractivity contribution in [1.29, 1.82) is 0 Å². The molecule has 1 aromatic carbocycles. The van der Waals surface area contributed by atoms with Crippen molar-refractivity contribution in [2.24, 2.45) is 7.05 Å². The monoisotopic (exact) mass is 315 g/mol. The molecule has 2 aromatic heterocycles. The number of ketones is 1. The quantitative estimate of drug-likeness (QED) is 0.740. The van der Waals surface area contributed by atoms with Crippen molar-refractivity contribution in [3.05, 3.63) is 55.9 Å². The predicted molar refractivity (Wildman–Crippen MR) is 85.0 cm³/mol. The molecule has 3 aromatic rings. The Morgan fingerprint density at radius 3 is 2.61 bits per heavy atom. The fraction of sp³-hybridized carbons (Fsp3) is 0.312. The Labute approximate surface area is 131 Å². The number of hydrogen-bond donors (Lipinski definition) is 1. The number of aryl methyl sites for hydroxylation is 3. The van der Waals surface area contributed by atoms with Gasteiger partial charge in [-0.15, -0.1) is 0 Å². The SMILES string of the molecule is CCCn1c(=O)oc2ccc(C(=O)c3c[nH]n(C)c3=O)c(C)c21. The highest BCUT2D eigenvalue weighted by Gasteiger charge is 2.21. The van der Waals surface area contributed by atoms with Crippen molar-refractivity contribution in [3.8, 4) is 0 Å². The third-order valence-electron chi connectivity index (χ3n) is 3.96. The molecule has 2 heterocycles. The fourth-order valence-corrected chi connectivity index (χ4v) is 2.78. The average Bonchev–Trinajstić information content (AvgIpc) is 3.01. The van der Waals surface area contributed by atoms with Crippen LogP contribution in [-0.4, -0.2) is 20.1 Å². The Balaban J connectivity index is 2.23. The summed E-state index contributed by atoms with van der Waals surface area (Å²) in [5, 5.41) is 2.69. The van der Waals surface area contributed by atoms with E-state index in [4.69, 9.17) is 4.42 Å². The highest BCUT2D eigenvalue weighted by molar-refractivity contribution is 6.11. The number of carbonyl (C=O) groups is 1. The molecule has 0 amide bonds. The Morgan fingerprint density at radius 1 is 1.26 bits per heavy atom. The minimum absolute atomic E-state index is 0.0721. The molecule has 0 fully saturated rings. The van der Waals surface area contributed by atoms with E-state index in [0.717, 1.165) is 6.42 Å². The summed E-state index contributed by atoms with van der Waals surface area (Å²) in [6.07, 6.45) is 2.16. The van der Waals surface area contributed by atoms with Crippen molar-refractivity contribution >= 4 is 16.9 Å². The lowest BCUT2D eigenvalue weighted by Crippen LogP contribution is -2.20. The van der Waals surface area contributed by atoms with Crippen LogP contribution in [0.2, 0.25) is 0 Å². The number of H-pyrrole nitrogens is 1. The van der Waals surface area contributed by atoms with E-state index in [0.29, 0.717) is 28.8 Å². The number of hydrogen-bond acceptors (Lipinski definition) is 4. The van der Waals surface area contributed by atoms with Gasteiger partial charge in [0.25, 0.3) is 5.56 Å². The molecule has 7 heteroatoms. The van der Waals surface area contributed by atoms with E-state index < -0.39 is 5.76 Å². The van der Waals surface area contributed by atoms with Gasteiger partial charge in [-0.3, -0.25) is 18.8 Å². The van der Waals surface area contributed by atoms with Crippen molar-refractivity contribution in [2.45, 2.75) is 26.8 Å². The molecule has 23 heavy (non-hydrogen) atoms. The summed E-state index contributed by atoms with van der Waals surface area (Å²) in [6.45, 7) is 4.23. The second-order valence-electron chi connectivity index (χ2n) is 5.48. The second kappa shape index (κ2) is 5.42. The normalized spacial score (nSPS) is 11.3. The van der Waals surface area contributed by atoms with Crippen LogP contribution in [0.15, 0.2) is 32.3 Å². The van der Waals surface area contributed by atoms with Gasteiger partial charge in [0, 0.05) is 25.4 Å². The first-order chi connectivity index (χ1) is 11.0. The lowest BCUT2D eigenvalue weighted by Gasteiger charge is -2.06. The summed E-state index contributed by atoms with van der Waals surface area (Å²) in [4.78, 5) is 36.6. The molecular formula is C16H17N3O4. The molecule has 0 saturated carbocycles. The summed E-state index contributed by atoms with van der Waals surface area (Å²) in [6, 6.07) is 3.19. The van der Waals surface area contributed by atoms with Crippen molar-refractivity contribution in [3.63, 3.8) is 0 Å². The lowest BCUT2D eigenvalue weighted by molar-refractivity contribution is 0.103. The molecule has 0 unspecified atom stereocenters. The van der Waals surface area contributed by atoms with Gasteiger partial charge in [-0.1, -0.05) is 6.92 Å². The van der Waals surface area contributed by atoms with E-state index in [1.165, 1.54) is 15.4 Å². The van der Waals surface area contributed by atoms with Gasteiger partial charge in [-0.2, -0.15) is 0 Å². The number of rotatable bonds is 4. The molecule has 0 saturated heterocycles. The van der Waals surface area contributed by atoms with E-state index in [2.05, 4.69) is 5.10 Å². The van der Waals surface area contributed by atoms with Crippen LogP contribution < -0.4 is 11.3 Å². The van der Waals surface area contributed by atoms with Crippen molar-refractivity contribution in [1.82, 2.24) is 14.3 Å². The van der Waals surface area contributed by atoms with Gasteiger partial charge < -0.3 is 9.52 Å². The zero-order valence-electron chi connectivity index (χ0n) is 13.2. The zero-order chi connectivity index (χ0) is 16.7. The number of carbonyl (C=O) groups excluding carboxylic acids is 1. The van der Waals surface area contributed by atoms with Gasteiger partial charge in [0.1, 0.15) is 5.56 Å². The summed E-state index contributed by atoms with van der Waals surface area (Å²) < 4.78 is 7.99. The number of nitrogens with zero attached hydrogens (tertiary/aromatic N) is 2. The maximum atomic E-state index is 12.7. The van der Waals surface area contributed by atoms with Crippen molar-refractivity contribution < 1.29 is 9.21 Å². The number of aromatic amines is 1. The molecular weight excluding hydrogens is 298 g/mol. The molecule has 0 aliphatic carbocycles. The van der Waals surface area contributed by atoms with Gasteiger partial charge in [-0.25, -0.2) is 4.79 Å². The molecule has 0 radical (unpaired) electrons. The number of nitrogens with one attached hydrogen (secondary N) is 1. The van der Waals surface area contributed by atoms with Crippen LogP contribution in [-0.2, 0) is 13.6 Å². The predicted octanol–water partition coefficient (Wildman–Crippen LogP) is 1.57. The summed E-state index contributed by atoms with van der Waals surface area (Å²) in [7, 11) is 1.55. The molecule has 7 nitrogen and oxygen atoms in total. The Bertz CT molecular complexity index is 1020. The first-order valence-corrected chi connectivity index (χ1v) is 7.37. The Hall–Kier alpha value is -2.83. The van der Waals surface area contributed by atoms with Crippen LogP contribution >= 0.6 is 0 Å². The molecule has 0 aliphatic rings. The van der Waals surface area contributed by atoms with Gasteiger partial charge in [0.2, 0.25) is 5.78 Å². The van der Waals surface area contributed by atoms with Crippen molar-refractivity contribution in [2.75, 3.05) is 0 Å². The third kappa shape index (κ3) is 2.25. The number of fused-ring (bicyclic) bond motifs is 1. The first-order valence-electron chi connectivity index (χ1n) is 7.37. The summed E-state index contributed by atoms with van der Waals surface area (Å²) >= 11 is 0. The number of benzene rings is 1. The summed E-state index contributed by atoms with van der Waals surface area (Å²) in [5.74, 6) is -0.810. The maximum absolute atomic E-state index is 12.7. The first kappa shape index (κ1) is 15.1. The van der Waals surface area contributed by atoms with Gasteiger partial charge in [-0.05, 0) is 31.0 Å². The van der Waals surface area contributed by atoms with Gasteiger partial charge in [0.15, 0.2) is 5.58 Å². The molecule has 0 atom stereocenters. The van der Waals surface area contributed by atoms with Gasteiger partial charge >= 0.3 is 5.76 Å². The van der Waals surface area contributed by atoms with E-state index in [-0.39, 0.29) is 16.9 Å². The molecule has 0 bridgehead atoms. The van der Waals surface area contributed by atoms with Crippen LogP contribution in [0.3, 0.4) is 0 Å². The Kier molecular flexibility index (Phi) is 3.55. The van der Waals surface area contributed by atoms with Crippen LogP contribution in [0.1, 0.15) is 34.8 Å². The van der Waals surface area contributed by atoms with Crippen LogP contribution in [0.4, 0.5) is 0 Å². The molecule has 1 N–H and O–H groups in total. The largest absolute Gasteiger partial charge is 0.419 e. The topological polar surface area (TPSA) is 90.0 Å². The molecule has 0 aliphatic heterocycles. The zero-order valence-corrected chi connectivity index (χ0v) is 13.2. The minimum atomic E-state index is -0.438. The van der Waals surface area contributed by atoms with E-state index in [9.17, 15) is 14.4 Å². The van der Waals surface area contributed by atoms with E-state index in [1.54, 1.807) is 26.1 Å². The van der Waals surface area contributed by atoms with Gasteiger partial charge in [0.05, 0.1) is 5.52 Å².